The second-order valence-corrected chi connectivity index (χ2v) is 6.36. The maximum atomic E-state index is 9.70. The lowest BCUT2D eigenvalue weighted by molar-refractivity contribution is -0.00504. The van der Waals surface area contributed by atoms with Crippen molar-refractivity contribution in [1.82, 2.24) is 0 Å². The molecule has 0 bridgehead atoms. The van der Waals surface area contributed by atoms with Crippen molar-refractivity contribution >= 4 is 0 Å². The van der Waals surface area contributed by atoms with E-state index in [9.17, 15) is 5.11 Å². The quantitative estimate of drug-likeness (QED) is 0.414. The Hall–Kier alpha value is -0.120. The summed E-state index contributed by atoms with van der Waals surface area (Å²) in [5.41, 5.74) is 0. The van der Waals surface area contributed by atoms with Crippen LogP contribution in [0.5, 0.6) is 0 Å². The molecule has 0 spiro atoms. The molecule has 0 aliphatic rings. The molecule has 0 rings (SSSR count). The van der Waals surface area contributed by atoms with Crippen molar-refractivity contribution in [2.24, 2.45) is 0 Å². The Bertz CT molecular complexity index is 195. The van der Waals surface area contributed by atoms with Gasteiger partial charge in [0.25, 0.3) is 0 Å². The van der Waals surface area contributed by atoms with Crippen molar-refractivity contribution in [1.29, 1.82) is 0 Å². The van der Waals surface area contributed by atoms with Crippen LogP contribution in [0.3, 0.4) is 0 Å². The van der Waals surface area contributed by atoms with E-state index in [2.05, 4.69) is 6.92 Å². The van der Waals surface area contributed by atoms with Crippen LogP contribution in [-0.4, -0.2) is 35.6 Å². The van der Waals surface area contributed by atoms with Gasteiger partial charge in [-0.15, -0.1) is 0 Å². The monoisotopic (exact) mass is 302 g/mol. The minimum Gasteiger partial charge on any atom is -0.391 e. The van der Waals surface area contributed by atoms with Crippen molar-refractivity contribution < 1.29 is 14.9 Å². The summed E-state index contributed by atoms with van der Waals surface area (Å²) in [4.78, 5) is 0. The zero-order valence-electron chi connectivity index (χ0n) is 14.4. The Morgan fingerprint density at radius 3 is 1.67 bits per heavy atom. The van der Waals surface area contributed by atoms with Crippen molar-refractivity contribution in [3.8, 4) is 0 Å². The van der Waals surface area contributed by atoms with Gasteiger partial charge in [0.1, 0.15) is 0 Å². The molecule has 128 valence electrons. The summed E-state index contributed by atoms with van der Waals surface area (Å²) in [7, 11) is 0. The van der Waals surface area contributed by atoms with Gasteiger partial charge in [0.2, 0.25) is 0 Å². The summed E-state index contributed by atoms with van der Waals surface area (Å²) in [5, 5.41) is 18.7. The zero-order chi connectivity index (χ0) is 15.8. The first kappa shape index (κ1) is 20.9. The minimum absolute atomic E-state index is 0.315. The van der Waals surface area contributed by atoms with Crippen molar-refractivity contribution in [3.63, 3.8) is 0 Å². The number of unbranched alkanes of at least 4 members (excludes halogenated alkanes) is 10. The number of ether oxygens (including phenoxy) is 1. The maximum Gasteiger partial charge on any atom is 0.0773 e. The van der Waals surface area contributed by atoms with Gasteiger partial charge >= 0.3 is 0 Å². The summed E-state index contributed by atoms with van der Waals surface area (Å²) in [6.07, 6.45) is 14.6. The molecule has 0 aliphatic heterocycles. The molecule has 0 aliphatic carbocycles. The summed E-state index contributed by atoms with van der Waals surface area (Å²) in [6.45, 7) is 4.62. The third kappa shape index (κ3) is 17.8. The molecule has 2 N–H and O–H groups in total. The molecule has 0 amide bonds. The maximum absolute atomic E-state index is 9.70. The minimum atomic E-state index is -0.445. The van der Waals surface area contributed by atoms with Crippen molar-refractivity contribution in [2.75, 3.05) is 13.2 Å². The standard InChI is InChI=1S/C18H38O3/c1-3-4-5-6-7-8-9-10-11-12-13-14-18(20)16-21-15-17(2)19/h17-20H,3-16H2,1-2H3. The number of hydrogen-bond donors (Lipinski definition) is 2. The molecule has 21 heavy (non-hydrogen) atoms. The van der Waals surface area contributed by atoms with Gasteiger partial charge in [-0.1, -0.05) is 77.6 Å². The van der Waals surface area contributed by atoms with Crippen LogP contribution in [-0.2, 0) is 4.74 Å². The van der Waals surface area contributed by atoms with E-state index < -0.39 is 6.10 Å². The van der Waals surface area contributed by atoms with E-state index in [0.717, 1.165) is 12.8 Å². The lowest BCUT2D eigenvalue weighted by Gasteiger charge is -2.12. The molecule has 2 unspecified atom stereocenters. The molecule has 0 radical (unpaired) electrons. The number of hydrogen-bond acceptors (Lipinski definition) is 3. The van der Waals surface area contributed by atoms with Crippen molar-refractivity contribution in [3.05, 3.63) is 0 Å². The topological polar surface area (TPSA) is 49.7 Å². The third-order valence-corrected chi connectivity index (χ3v) is 3.81. The molecular weight excluding hydrogens is 264 g/mol. The third-order valence-electron chi connectivity index (χ3n) is 3.81. The van der Waals surface area contributed by atoms with Crippen LogP contribution in [0.4, 0.5) is 0 Å². The first-order valence-electron chi connectivity index (χ1n) is 9.10. The Morgan fingerprint density at radius 2 is 1.19 bits per heavy atom. The van der Waals surface area contributed by atoms with Crippen LogP contribution in [0.1, 0.15) is 90.9 Å². The van der Waals surface area contributed by atoms with Crippen LogP contribution in [0.2, 0.25) is 0 Å². The molecule has 0 saturated heterocycles. The van der Waals surface area contributed by atoms with Gasteiger partial charge in [-0.25, -0.2) is 0 Å². The predicted molar refractivity (Wildman–Crippen MR) is 89.6 cm³/mol. The van der Waals surface area contributed by atoms with Crippen LogP contribution in [0.15, 0.2) is 0 Å². The Balaban J connectivity index is 3.10. The highest BCUT2D eigenvalue weighted by Gasteiger charge is 2.05. The van der Waals surface area contributed by atoms with E-state index in [-0.39, 0.29) is 6.10 Å². The SMILES string of the molecule is CCCCCCCCCCCCCC(O)COCC(C)O. The Morgan fingerprint density at radius 1 is 0.714 bits per heavy atom. The van der Waals surface area contributed by atoms with Gasteiger partial charge in [-0.05, 0) is 13.3 Å². The number of aliphatic hydroxyl groups is 2. The van der Waals surface area contributed by atoms with E-state index in [1.807, 2.05) is 0 Å². The van der Waals surface area contributed by atoms with Gasteiger partial charge in [-0.3, -0.25) is 0 Å². The molecule has 0 aromatic carbocycles. The molecule has 3 nitrogen and oxygen atoms in total. The fourth-order valence-electron chi connectivity index (χ4n) is 2.50. The van der Waals surface area contributed by atoms with Crippen LogP contribution < -0.4 is 0 Å². The fraction of sp³-hybridized carbons (Fsp3) is 1.00. The van der Waals surface area contributed by atoms with E-state index >= 15 is 0 Å². The Labute approximate surface area is 132 Å². The molecular formula is C18H38O3. The molecule has 2 atom stereocenters. The Kier molecular flexibility index (Phi) is 16.2. The second kappa shape index (κ2) is 16.3. The first-order valence-corrected chi connectivity index (χ1v) is 9.10. The van der Waals surface area contributed by atoms with E-state index in [1.165, 1.54) is 64.2 Å². The molecule has 0 aromatic rings. The van der Waals surface area contributed by atoms with E-state index in [4.69, 9.17) is 9.84 Å². The molecule has 3 heteroatoms. The van der Waals surface area contributed by atoms with Gasteiger partial charge in [-0.2, -0.15) is 0 Å². The first-order chi connectivity index (χ1) is 10.2. The number of rotatable bonds is 16. The van der Waals surface area contributed by atoms with Gasteiger partial charge in [0.05, 0.1) is 25.4 Å². The summed E-state index contributed by atoms with van der Waals surface area (Å²) >= 11 is 0. The highest BCUT2D eigenvalue weighted by atomic mass is 16.5. The van der Waals surface area contributed by atoms with Crippen LogP contribution >= 0.6 is 0 Å². The lowest BCUT2D eigenvalue weighted by Crippen LogP contribution is -2.19. The fourth-order valence-corrected chi connectivity index (χ4v) is 2.50. The molecule has 0 fully saturated rings. The largest absolute Gasteiger partial charge is 0.391 e. The van der Waals surface area contributed by atoms with Crippen LogP contribution in [0.25, 0.3) is 0 Å². The zero-order valence-corrected chi connectivity index (χ0v) is 14.4. The van der Waals surface area contributed by atoms with Gasteiger partial charge in [0.15, 0.2) is 0 Å². The highest BCUT2D eigenvalue weighted by Crippen LogP contribution is 2.12. The average Bonchev–Trinajstić information content (AvgIpc) is 2.44. The normalized spacial score (nSPS) is 14.3. The number of aliphatic hydroxyl groups excluding tert-OH is 2. The predicted octanol–water partition coefficient (Wildman–Crippen LogP) is 4.45. The van der Waals surface area contributed by atoms with E-state index in [0.29, 0.717) is 13.2 Å². The van der Waals surface area contributed by atoms with Gasteiger partial charge < -0.3 is 14.9 Å². The average molecular weight is 302 g/mol. The van der Waals surface area contributed by atoms with E-state index in [1.54, 1.807) is 6.92 Å². The highest BCUT2D eigenvalue weighted by molar-refractivity contribution is 4.56. The summed E-state index contributed by atoms with van der Waals surface area (Å²) < 4.78 is 5.21. The van der Waals surface area contributed by atoms with Crippen molar-refractivity contribution in [2.45, 2.75) is 103 Å². The molecule has 0 heterocycles. The lowest BCUT2D eigenvalue weighted by atomic mass is 10.0. The summed E-state index contributed by atoms with van der Waals surface area (Å²) in [5.74, 6) is 0. The molecule has 0 saturated carbocycles. The second-order valence-electron chi connectivity index (χ2n) is 6.36. The van der Waals surface area contributed by atoms with Crippen LogP contribution in [0, 0.1) is 0 Å². The summed E-state index contributed by atoms with van der Waals surface area (Å²) in [6, 6.07) is 0. The smallest absolute Gasteiger partial charge is 0.0773 e. The van der Waals surface area contributed by atoms with Gasteiger partial charge in [0, 0.05) is 0 Å². The molecule has 0 aromatic heterocycles.